The summed E-state index contributed by atoms with van der Waals surface area (Å²) in [5.74, 6) is 0.0330. The summed E-state index contributed by atoms with van der Waals surface area (Å²) in [4.78, 5) is 11.1. The van der Waals surface area contributed by atoms with E-state index in [1.165, 1.54) is 5.57 Å². The Bertz CT molecular complexity index is 277. The summed E-state index contributed by atoms with van der Waals surface area (Å²) < 4.78 is 0. The molecule has 0 unspecified atom stereocenters. The third-order valence-electron chi connectivity index (χ3n) is 1.92. The lowest BCUT2D eigenvalue weighted by Crippen LogP contribution is -2.33. The molecule has 14 heavy (non-hydrogen) atoms. The van der Waals surface area contributed by atoms with Crippen LogP contribution in [0.3, 0.4) is 0 Å². The number of carbonyl (C=O) groups excluding carboxylic acids is 1. The molecular formula is C11H16N2O. The zero-order valence-corrected chi connectivity index (χ0v) is 8.42. The van der Waals surface area contributed by atoms with Gasteiger partial charge >= 0.3 is 0 Å². The number of hydrogen-bond donors (Lipinski definition) is 2. The molecular weight excluding hydrogens is 176 g/mol. The molecule has 1 aliphatic carbocycles. The van der Waals surface area contributed by atoms with E-state index in [0.29, 0.717) is 13.1 Å². The molecule has 1 rings (SSSR count). The number of carbonyl (C=O) groups is 1. The molecule has 3 heteroatoms. The molecule has 0 bridgehead atoms. The Morgan fingerprint density at radius 1 is 1.43 bits per heavy atom. The van der Waals surface area contributed by atoms with Crippen LogP contribution in [-0.4, -0.2) is 26.0 Å². The van der Waals surface area contributed by atoms with E-state index in [2.05, 4.69) is 16.7 Å². The second-order valence-corrected chi connectivity index (χ2v) is 3.15. The van der Waals surface area contributed by atoms with Gasteiger partial charge in [-0.2, -0.15) is 0 Å². The minimum Gasteiger partial charge on any atom is -0.351 e. The first-order chi connectivity index (χ1) is 6.83. The van der Waals surface area contributed by atoms with Crippen molar-refractivity contribution in [2.24, 2.45) is 0 Å². The number of rotatable bonds is 4. The van der Waals surface area contributed by atoms with Crippen LogP contribution in [0.25, 0.3) is 0 Å². The van der Waals surface area contributed by atoms with Crippen molar-refractivity contribution in [3.05, 3.63) is 36.0 Å². The molecule has 0 aromatic carbocycles. The summed E-state index contributed by atoms with van der Waals surface area (Å²) in [6, 6.07) is 0. The molecule has 0 spiro atoms. The zero-order valence-electron chi connectivity index (χ0n) is 8.42. The van der Waals surface area contributed by atoms with Crippen LogP contribution in [0.2, 0.25) is 0 Å². The van der Waals surface area contributed by atoms with Gasteiger partial charge in [-0.15, -0.1) is 0 Å². The van der Waals surface area contributed by atoms with Gasteiger partial charge in [0, 0.05) is 6.54 Å². The van der Waals surface area contributed by atoms with Gasteiger partial charge in [-0.1, -0.05) is 30.4 Å². The topological polar surface area (TPSA) is 41.1 Å². The van der Waals surface area contributed by atoms with Gasteiger partial charge in [-0.3, -0.25) is 4.79 Å². The van der Waals surface area contributed by atoms with Crippen molar-refractivity contribution < 1.29 is 4.79 Å². The molecule has 2 N–H and O–H groups in total. The predicted octanol–water partition coefficient (Wildman–Crippen LogP) is 0.764. The van der Waals surface area contributed by atoms with E-state index in [1.54, 1.807) is 7.05 Å². The Morgan fingerprint density at radius 2 is 2.29 bits per heavy atom. The molecule has 0 radical (unpaired) electrons. The number of likely N-dealkylation sites (N-methyl/N-ethyl adjacent to an activating group) is 1. The maximum Gasteiger partial charge on any atom is 0.234 e. The highest BCUT2D eigenvalue weighted by Gasteiger charge is 2.00. The Labute approximate surface area is 84.6 Å². The second-order valence-electron chi connectivity index (χ2n) is 3.15. The molecule has 0 heterocycles. The minimum absolute atomic E-state index is 0.0330. The Kier molecular flexibility index (Phi) is 4.72. The quantitative estimate of drug-likeness (QED) is 0.690. The van der Waals surface area contributed by atoms with Crippen LogP contribution in [0.5, 0.6) is 0 Å². The third kappa shape index (κ3) is 4.05. The lowest BCUT2D eigenvalue weighted by atomic mass is 10.2. The van der Waals surface area contributed by atoms with Crippen LogP contribution < -0.4 is 10.6 Å². The van der Waals surface area contributed by atoms with Crippen LogP contribution in [0, 0.1) is 0 Å². The molecule has 0 aromatic heterocycles. The molecule has 0 saturated carbocycles. The fourth-order valence-electron chi connectivity index (χ4n) is 1.19. The van der Waals surface area contributed by atoms with Crippen LogP contribution in [0.15, 0.2) is 36.0 Å². The third-order valence-corrected chi connectivity index (χ3v) is 1.92. The number of allylic oxidation sites excluding steroid dienone is 5. The zero-order chi connectivity index (χ0) is 10.2. The Balaban J connectivity index is 2.30. The van der Waals surface area contributed by atoms with Crippen molar-refractivity contribution in [1.82, 2.24) is 10.6 Å². The molecule has 1 amide bonds. The average Bonchev–Trinajstić information content (AvgIpc) is 2.43. The first-order valence-corrected chi connectivity index (χ1v) is 4.75. The summed E-state index contributed by atoms with van der Waals surface area (Å²) in [6.45, 7) is 1.01. The van der Waals surface area contributed by atoms with Gasteiger partial charge in [0.25, 0.3) is 0 Å². The second kappa shape index (κ2) is 6.16. The van der Waals surface area contributed by atoms with E-state index < -0.39 is 0 Å². The normalized spacial score (nSPS) is 14.8. The fourth-order valence-corrected chi connectivity index (χ4v) is 1.19. The number of amides is 1. The summed E-state index contributed by atoms with van der Waals surface area (Å²) in [5.41, 5.74) is 1.22. The summed E-state index contributed by atoms with van der Waals surface area (Å²) in [6.07, 6.45) is 11.0. The fraction of sp³-hybridized carbons (Fsp3) is 0.364. The monoisotopic (exact) mass is 192 g/mol. The van der Waals surface area contributed by atoms with E-state index in [1.807, 2.05) is 24.3 Å². The van der Waals surface area contributed by atoms with Gasteiger partial charge in [0.15, 0.2) is 0 Å². The lowest BCUT2D eigenvalue weighted by molar-refractivity contribution is -0.119. The highest BCUT2D eigenvalue weighted by molar-refractivity contribution is 5.78. The van der Waals surface area contributed by atoms with Gasteiger partial charge < -0.3 is 10.6 Å². The summed E-state index contributed by atoms with van der Waals surface area (Å²) >= 11 is 0. The molecule has 76 valence electrons. The van der Waals surface area contributed by atoms with E-state index >= 15 is 0 Å². The minimum atomic E-state index is 0.0330. The van der Waals surface area contributed by atoms with Gasteiger partial charge in [0.1, 0.15) is 0 Å². The SMILES string of the molecule is CNCC(=O)NCC1=CC=CC=CC1. The molecule has 0 aliphatic heterocycles. The first-order valence-electron chi connectivity index (χ1n) is 4.75. The maximum atomic E-state index is 11.1. The lowest BCUT2D eigenvalue weighted by Gasteiger charge is -2.06. The highest BCUT2D eigenvalue weighted by Crippen LogP contribution is 2.05. The van der Waals surface area contributed by atoms with Gasteiger partial charge in [0.2, 0.25) is 5.91 Å². The van der Waals surface area contributed by atoms with Crippen molar-refractivity contribution in [3.8, 4) is 0 Å². The molecule has 3 nitrogen and oxygen atoms in total. The van der Waals surface area contributed by atoms with Gasteiger partial charge in [-0.05, 0) is 19.0 Å². The first kappa shape index (κ1) is 10.7. The Morgan fingerprint density at radius 3 is 3.07 bits per heavy atom. The van der Waals surface area contributed by atoms with Crippen molar-refractivity contribution in [3.63, 3.8) is 0 Å². The van der Waals surface area contributed by atoms with Gasteiger partial charge in [0.05, 0.1) is 6.54 Å². The molecule has 0 atom stereocenters. The van der Waals surface area contributed by atoms with Crippen LogP contribution in [-0.2, 0) is 4.79 Å². The van der Waals surface area contributed by atoms with E-state index in [9.17, 15) is 4.79 Å². The van der Waals surface area contributed by atoms with Gasteiger partial charge in [-0.25, -0.2) is 0 Å². The smallest absolute Gasteiger partial charge is 0.234 e. The van der Waals surface area contributed by atoms with E-state index in [0.717, 1.165) is 6.42 Å². The average molecular weight is 192 g/mol. The van der Waals surface area contributed by atoms with Crippen LogP contribution in [0.4, 0.5) is 0 Å². The number of nitrogens with one attached hydrogen (secondary N) is 2. The molecule has 0 fully saturated rings. The predicted molar refractivity (Wildman–Crippen MR) is 57.9 cm³/mol. The van der Waals surface area contributed by atoms with Crippen molar-refractivity contribution in [1.29, 1.82) is 0 Å². The standard InChI is InChI=1S/C11H16N2O/c1-12-9-11(14)13-8-10-6-4-2-3-5-7-10/h2-6,12H,7-9H2,1H3,(H,13,14). The number of hydrogen-bond acceptors (Lipinski definition) is 2. The van der Waals surface area contributed by atoms with E-state index in [-0.39, 0.29) is 5.91 Å². The van der Waals surface area contributed by atoms with Crippen molar-refractivity contribution in [2.45, 2.75) is 6.42 Å². The molecule has 1 aliphatic rings. The maximum absolute atomic E-state index is 11.1. The molecule has 0 saturated heterocycles. The molecule has 0 aromatic rings. The largest absolute Gasteiger partial charge is 0.351 e. The highest BCUT2D eigenvalue weighted by atomic mass is 16.1. The van der Waals surface area contributed by atoms with Crippen LogP contribution in [0.1, 0.15) is 6.42 Å². The summed E-state index contributed by atoms with van der Waals surface area (Å²) in [7, 11) is 1.76. The summed E-state index contributed by atoms with van der Waals surface area (Å²) in [5, 5.41) is 5.65. The van der Waals surface area contributed by atoms with Crippen molar-refractivity contribution >= 4 is 5.91 Å². The Hall–Kier alpha value is -1.35. The van der Waals surface area contributed by atoms with Crippen molar-refractivity contribution in [2.75, 3.05) is 20.1 Å². The van der Waals surface area contributed by atoms with Crippen LogP contribution >= 0.6 is 0 Å². The van der Waals surface area contributed by atoms with E-state index in [4.69, 9.17) is 0 Å².